The Hall–Kier alpha value is -2.67. The smallest absolute Gasteiger partial charge is 0.449 e. The van der Waals surface area contributed by atoms with Gasteiger partial charge in [0, 0.05) is 39.4 Å². The van der Waals surface area contributed by atoms with Gasteiger partial charge in [-0.1, -0.05) is 31.8 Å². The first-order chi connectivity index (χ1) is 18.9. The molecule has 2 aromatic carbocycles. The van der Waals surface area contributed by atoms with Crippen molar-refractivity contribution in [1.82, 2.24) is 14.5 Å². The predicted molar refractivity (Wildman–Crippen MR) is 148 cm³/mol. The van der Waals surface area contributed by atoms with Gasteiger partial charge in [0.15, 0.2) is 0 Å². The standard InChI is InChI=1S/C28H36F4N4O3Si/c1-18-15-35(10-11-38-18)23-16-39-24-14-19(29)8-9-20(24)25(23)33-21-6-5-7-22-26(21)34-27(28(30,31)32)36(22)17-37-12-13-40(2,3)4/h5-9,14,18,23,25,33H,10-13,15-17H2,1-4H3/t18-,23+,25+/m1/s1. The zero-order valence-corrected chi connectivity index (χ0v) is 24.2. The summed E-state index contributed by atoms with van der Waals surface area (Å²) in [4.78, 5) is 6.33. The van der Waals surface area contributed by atoms with E-state index in [-0.39, 0.29) is 30.4 Å². The minimum atomic E-state index is -4.66. The van der Waals surface area contributed by atoms with Crippen LogP contribution in [0.3, 0.4) is 0 Å². The second-order valence-corrected chi connectivity index (χ2v) is 17.4. The van der Waals surface area contributed by atoms with E-state index in [1.165, 1.54) is 12.1 Å². The van der Waals surface area contributed by atoms with Crippen LogP contribution in [-0.2, 0) is 22.4 Å². The fraction of sp³-hybridized carbons (Fsp3) is 0.536. The summed E-state index contributed by atoms with van der Waals surface area (Å²) in [6, 6.07) is 9.75. The molecule has 2 aliphatic heterocycles. The van der Waals surface area contributed by atoms with Crippen molar-refractivity contribution in [2.24, 2.45) is 0 Å². The third kappa shape index (κ3) is 6.29. The second-order valence-electron chi connectivity index (χ2n) is 11.7. The SMILES string of the molecule is C[C@@H]1CN([C@H]2COc3cc(F)ccc3[C@@H]2Nc2cccc3c2nc(C(F)(F)F)n3COCC[Si](C)(C)C)CCO1. The van der Waals surface area contributed by atoms with Gasteiger partial charge in [-0.2, -0.15) is 13.2 Å². The summed E-state index contributed by atoms with van der Waals surface area (Å²) < 4.78 is 74.9. The second kappa shape index (κ2) is 11.3. The summed E-state index contributed by atoms with van der Waals surface area (Å²) in [6.45, 7) is 10.9. The van der Waals surface area contributed by atoms with Crippen LogP contribution in [0, 0.1) is 5.82 Å². The molecule has 3 heterocycles. The number of para-hydroxylation sites is 1. The highest BCUT2D eigenvalue weighted by molar-refractivity contribution is 6.76. The molecule has 5 rings (SSSR count). The van der Waals surface area contributed by atoms with Gasteiger partial charge in [0.1, 0.15) is 30.4 Å². The number of ether oxygens (including phenoxy) is 3. The van der Waals surface area contributed by atoms with E-state index in [2.05, 4.69) is 34.8 Å². The number of hydrogen-bond donors (Lipinski definition) is 1. The Balaban J connectivity index is 1.51. The van der Waals surface area contributed by atoms with Crippen LogP contribution in [0.1, 0.15) is 24.4 Å². The Bertz CT molecular complexity index is 1340. The van der Waals surface area contributed by atoms with Gasteiger partial charge in [-0.3, -0.25) is 9.47 Å². The van der Waals surface area contributed by atoms with Crippen LogP contribution >= 0.6 is 0 Å². The first-order valence-corrected chi connectivity index (χ1v) is 17.3. The first-order valence-electron chi connectivity index (χ1n) is 13.6. The molecule has 1 fully saturated rings. The fourth-order valence-electron chi connectivity index (χ4n) is 5.32. The Kier molecular flexibility index (Phi) is 8.15. The van der Waals surface area contributed by atoms with E-state index >= 15 is 0 Å². The van der Waals surface area contributed by atoms with E-state index in [0.29, 0.717) is 49.9 Å². The number of fused-ring (bicyclic) bond motifs is 2. The van der Waals surface area contributed by atoms with Crippen molar-refractivity contribution in [2.75, 3.05) is 38.2 Å². The van der Waals surface area contributed by atoms with Crippen LogP contribution in [0.4, 0.5) is 23.2 Å². The summed E-state index contributed by atoms with van der Waals surface area (Å²) >= 11 is 0. The molecule has 3 aromatic rings. The molecular formula is C28H36F4N4O3Si. The Morgan fingerprint density at radius 1 is 1.18 bits per heavy atom. The Morgan fingerprint density at radius 3 is 2.70 bits per heavy atom. The highest BCUT2D eigenvalue weighted by Gasteiger charge is 2.40. The number of nitrogens with one attached hydrogen (secondary N) is 1. The van der Waals surface area contributed by atoms with Gasteiger partial charge in [-0.25, -0.2) is 9.37 Å². The number of nitrogens with zero attached hydrogens (tertiary/aromatic N) is 3. The van der Waals surface area contributed by atoms with Gasteiger partial charge in [0.25, 0.3) is 0 Å². The zero-order valence-electron chi connectivity index (χ0n) is 23.2. The predicted octanol–water partition coefficient (Wildman–Crippen LogP) is 6.14. The minimum absolute atomic E-state index is 0.0263. The molecular weight excluding hydrogens is 544 g/mol. The Labute approximate surface area is 232 Å². The van der Waals surface area contributed by atoms with Crippen molar-refractivity contribution in [3.8, 4) is 5.75 Å². The quantitative estimate of drug-likeness (QED) is 0.196. The molecule has 0 amide bonds. The van der Waals surface area contributed by atoms with Gasteiger partial charge >= 0.3 is 6.18 Å². The van der Waals surface area contributed by atoms with Gasteiger partial charge < -0.3 is 19.5 Å². The first kappa shape index (κ1) is 28.8. The molecule has 2 aliphatic rings. The van der Waals surface area contributed by atoms with Crippen LogP contribution in [0.15, 0.2) is 36.4 Å². The van der Waals surface area contributed by atoms with E-state index < -0.39 is 25.9 Å². The third-order valence-corrected chi connectivity index (χ3v) is 9.11. The lowest BCUT2D eigenvalue weighted by Gasteiger charge is -2.44. The molecule has 0 radical (unpaired) electrons. The normalized spacial score (nSPS) is 22.2. The Morgan fingerprint density at radius 2 is 1.98 bits per heavy atom. The molecule has 0 aliphatic carbocycles. The number of alkyl halides is 3. The summed E-state index contributed by atoms with van der Waals surface area (Å²) in [5, 5.41) is 3.48. The number of hydrogen-bond acceptors (Lipinski definition) is 6. The lowest BCUT2D eigenvalue weighted by atomic mass is 9.94. The highest BCUT2D eigenvalue weighted by atomic mass is 28.3. The highest BCUT2D eigenvalue weighted by Crippen LogP contribution is 2.40. The summed E-state index contributed by atoms with van der Waals surface area (Å²) in [5.74, 6) is -1.00. The molecule has 1 aromatic heterocycles. The zero-order chi connectivity index (χ0) is 28.7. The molecule has 0 spiro atoms. The number of imidazole rings is 1. The number of halogens is 4. The van der Waals surface area contributed by atoms with Crippen LogP contribution in [0.5, 0.6) is 5.75 Å². The maximum absolute atomic E-state index is 14.1. The van der Waals surface area contributed by atoms with E-state index in [1.807, 2.05) is 6.92 Å². The summed E-state index contributed by atoms with van der Waals surface area (Å²) in [7, 11) is -1.40. The van der Waals surface area contributed by atoms with Gasteiger partial charge in [-0.05, 0) is 31.2 Å². The molecule has 1 saturated heterocycles. The van der Waals surface area contributed by atoms with Gasteiger partial charge in [0.05, 0.1) is 36.0 Å². The van der Waals surface area contributed by atoms with Crippen molar-refractivity contribution in [2.45, 2.75) is 63.7 Å². The number of aromatic nitrogens is 2. The third-order valence-electron chi connectivity index (χ3n) is 7.41. The van der Waals surface area contributed by atoms with E-state index in [9.17, 15) is 17.6 Å². The number of benzene rings is 2. The van der Waals surface area contributed by atoms with Crippen LogP contribution in [-0.4, -0.2) is 67.6 Å². The molecule has 0 bridgehead atoms. The summed E-state index contributed by atoms with van der Waals surface area (Å²) in [6.07, 6.45) is -4.63. The van der Waals surface area contributed by atoms with E-state index in [1.54, 1.807) is 24.3 Å². The maximum Gasteiger partial charge on any atom is 0.449 e. The molecule has 7 nitrogen and oxygen atoms in total. The van der Waals surface area contributed by atoms with E-state index in [4.69, 9.17) is 14.2 Å². The minimum Gasteiger partial charge on any atom is -0.491 e. The van der Waals surface area contributed by atoms with Crippen LogP contribution < -0.4 is 10.1 Å². The lowest BCUT2D eigenvalue weighted by molar-refractivity contribution is -0.149. The molecule has 40 heavy (non-hydrogen) atoms. The molecule has 12 heteroatoms. The van der Waals surface area contributed by atoms with E-state index in [0.717, 1.165) is 16.2 Å². The molecule has 3 atom stereocenters. The van der Waals surface area contributed by atoms with Crippen LogP contribution in [0.25, 0.3) is 11.0 Å². The van der Waals surface area contributed by atoms with Crippen molar-refractivity contribution in [3.05, 3.63) is 53.6 Å². The van der Waals surface area contributed by atoms with Crippen molar-refractivity contribution in [3.63, 3.8) is 0 Å². The molecule has 1 N–H and O–H groups in total. The van der Waals surface area contributed by atoms with Gasteiger partial charge in [0.2, 0.25) is 5.82 Å². The topological polar surface area (TPSA) is 60.8 Å². The fourth-order valence-corrected chi connectivity index (χ4v) is 6.07. The molecule has 218 valence electrons. The average molecular weight is 581 g/mol. The van der Waals surface area contributed by atoms with Crippen molar-refractivity contribution >= 4 is 24.8 Å². The largest absolute Gasteiger partial charge is 0.491 e. The monoisotopic (exact) mass is 580 g/mol. The lowest BCUT2D eigenvalue weighted by Crippen LogP contribution is -2.54. The number of rotatable bonds is 8. The molecule has 0 unspecified atom stereocenters. The van der Waals surface area contributed by atoms with Crippen LogP contribution in [0.2, 0.25) is 25.7 Å². The van der Waals surface area contributed by atoms with Gasteiger partial charge in [-0.15, -0.1) is 0 Å². The van der Waals surface area contributed by atoms with Crippen molar-refractivity contribution in [1.29, 1.82) is 0 Å². The molecule has 0 saturated carbocycles. The number of anilines is 1. The number of morpholine rings is 1. The van der Waals surface area contributed by atoms with Crippen molar-refractivity contribution < 1.29 is 31.8 Å². The summed E-state index contributed by atoms with van der Waals surface area (Å²) in [5.41, 5.74) is 1.72. The maximum atomic E-state index is 14.1. The average Bonchev–Trinajstić information content (AvgIpc) is 3.26.